The van der Waals surface area contributed by atoms with Crippen LogP contribution in [0.1, 0.15) is 0 Å². The van der Waals surface area contributed by atoms with Gasteiger partial charge < -0.3 is 4.42 Å². The summed E-state index contributed by atoms with van der Waals surface area (Å²) in [4.78, 5) is 15.2. The van der Waals surface area contributed by atoms with Crippen LogP contribution in [0.15, 0.2) is 180 Å². The second-order valence-corrected chi connectivity index (χ2v) is 13.6. The predicted octanol–water partition coefficient (Wildman–Crippen LogP) is 13.1. The molecule has 2 aromatic heterocycles. The van der Waals surface area contributed by atoms with E-state index in [0.717, 1.165) is 60.5 Å². The molecule has 4 nitrogen and oxygen atoms in total. The van der Waals surface area contributed by atoms with Gasteiger partial charge in [-0.1, -0.05) is 164 Å². The van der Waals surface area contributed by atoms with Gasteiger partial charge in [0.15, 0.2) is 17.5 Å². The molecular weight excluding hydrogens is 647 g/mol. The molecule has 246 valence electrons. The number of aromatic nitrogens is 3. The van der Waals surface area contributed by atoms with E-state index in [2.05, 4.69) is 115 Å². The van der Waals surface area contributed by atoms with E-state index in [1.165, 1.54) is 32.3 Å². The first-order chi connectivity index (χ1) is 26.3. The summed E-state index contributed by atoms with van der Waals surface area (Å²) in [6.07, 6.45) is 0. The molecule has 0 unspecified atom stereocenters. The second kappa shape index (κ2) is 11.7. The molecule has 0 aliphatic carbocycles. The van der Waals surface area contributed by atoms with Crippen LogP contribution < -0.4 is 0 Å². The molecule has 4 heteroatoms. The largest absolute Gasteiger partial charge is 0.455 e. The monoisotopic (exact) mass is 675 g/mol. The molecule has 53 heavy (non-hydrogen) atoms. The fraction of sp³-hybridized carbons (Fsp3) is 0. The van der Waals surface area contributed by atoms with E-state index in [9.17, 15) is 0 Å². The van der Waals surface area contributed by atoms with Gasteiger partial charge in [0.2, 0.25) is 0 Å². The quantitative estimate of drug-likeness (QED) is 0.174. The van der Waals surface area contributed by atoms with E-state index in [1.807, 2.05) is 60.7 Å². The van der Waals surface area contributed by atoms with Gasteiger partial charge >= 0.3 is 0 Å². The number of rotatable bonds is 4. The number of hydrogen-bond donors (Lipinski definition) is 0. The molecule has 0 amide bonds. The molecule has 0 radical (unpaired) electrons. The molecular formula is C49H29N3O. The number of fused-ring (bicyclic) bond motifs is 10. The molecule has 11 rings (SSSR count). The molecule has 0 aliphatic rings. The molecule has 9 aromatic carbocycles. The average Bonchev–Trinajstić information content (AvgIpc) is 3.62. The maximum absolute atomic E-state index is 6.93. The first kappa shape index (κ1) is 29.5. The van der Waals surface area contributed by atoms with Crippen LogP contribution in [0.2, 0.25) is 0 Å². The Morgan fingerprint density at radius 3 is 1.57 bits per heavy atom. The van der Waals surface area contributed by atoms with Gasteiger partial charge in [-0.3, -0.25) is 0 Å². The SMILES string of the molecule is c1ccc(-c2nc(-c3ccccc3)nc(-c3cc4c5cccc(-c6ccc7ccc8c9ccccc9ccc8c7c6)c5oc4c4ccccc34)n2)cc1. The summed E-state index contributed by atoms with van der Waals surface area (Å²) in [7, 11) is 0. The smallest absolute Gasteiger partial charge is 0.164 e. The van der Waals surface area contributed by atoms with Gasteiger partial charge in [0.05, 0.1) is 0 Å². The number of benzene rings is 9. The summed E-state index contributed by atoms with van der Waals surface area (Å²) in [5.41, 5.74) is 6.70. The molecule has 11 aromatic rings. The molecule has 0 saturated carbocycles. The van der Waals surface area contributed by atoms with E-state index in [0.29, 0.717) is 17.5 Å². The summed E-state index contributed by atoms with van der Waals surface area (Å²) < 4.78 is 6.93. The minimum Gasteiger partial charge on any atom is -0.455 e. The van der Waals surface area contributed by atoms with Gasteiger partial charge in [-0.25, -0.2) is 15.0 Å². The maximum atomic E-state index is 6.93. The van der Waals surface area contributed by atoms with Crippen molar-refractivity contribution in [1.29, 1.82) is 0 Å². The van der Waals surface area contributed by atoms with Gasteiger partial charge in [-0.2, -0.15) is 0 Å². The van der Waals surface area contributed by atoms with Crippen LogP contribution in [-0.4, -0.2) is 15.0 Å². The second-order valence-electron chi connectivity index (χ2n) is 13.6. The van der Waals surface area contributed by atoms with Gasteiger partial charge in [0.25, 0.3) is 0 Å². The lowest BCUT2D eigenvalue weighted by Crippen LogP contribution is -2.00. The number of para-hydroxylation sites is 1. The van der Waals surface area contributed by atoms with Crippen molar-refractivity contribution < 1.29 is 4.42 Å². The highest BCUT2D eigenvalue weighted by atomic mass is 16.3. The Kier molecular flexibility index (Phi) is 6.52. The first-order valence-electron chi connectivity index (χ1n) is 17.9. The summed E-state index contributed by atoms with van der Waals surface area (Å²) in [5, 5.41) is 11.6. The van der Waals surface area contributed by atoms with Crippen molar-refractivity contribution in [3.05, 3.63) is 176 Å². The van der Waals surface area contributed by atoms with Crippen LogP contribution in [0.3, 0.4) is 0 Å². The maximum Gasteiger partial charge on any atom is 0.164 e. The number of nitrogens with zero attached hydrogens (tertiary/aromatic N) is 3. The Balaban J connectivity index is 1.14. The van der Waals surface area contributed by atoms with Crippen LogP contribution in [-0.2, 0) is 0 Å². The first-order valence-corrected chi connectivity index (χ1v) is 17.9. The lowest BCUT2D eigenvalue weighted by Gasteiger charge is -2.11. The van der Waals surface area contributed by atoms with Crippen LogP contribution >= 0.6 is 0 Å². The molecule has 2 heterocycles. The van der Waals surface area contributed by atoms with E-state index in [-0.39, 0.29) is 0 Å². The lowest BCUT2D eigenvalue weighted by molar-refractivity contribution is 0.674. The van der Waals surface area contributed by atoms with Crippen molar-refractivity contribution in [2.45, 2.75) is 0 Å². The Bertz CT molecular complexity index is 3160. The van der Waals surface area contributed by atoms with Crippen molar-refractivity contribution in [2.75, 3.05) is 0 Å². The normalized spacial score (nSPS) is 11.8. The zero-order chi connectivity index (χ0) is 34.9. The zero-order valence-electron chi connectivity index (χ0n) is 28.5. The summed E-state index contributed by atoms with van der Waals surface area (Å²) >= 11 is 0. The van der Waals surface area contributed by atoms with E-state index < -0.39 is 0 Å². The number of hydrogen-bond acceptors (Lipinski definition) is 4. The van der Waals surface area contributed by atoms with Crippen molar-refractivity contribution in [1.82, 2.24) is 15.0 Å². The molecule has 0 spiro atoms. The third-order valence-electron chi connectivity index (χ3n) is 10.5. The summed E-state index contributed by atoms with van der Waals surface area (Å²) in [6, 6.07) is 61.6. The van der Waals surface area contributed by atoms with Crippen LogP contribution in [0.4, 0.5) is 0 Å². The number of furan rings is 1. The predicted molar refractivity (Wildman–Crippen MR) is 219 cm³/mol. The molecule has 0 N–H and O–H groups in total. The standard InChI is InChI=1S/C49H29N3O/c1-3-13-32(14-4-1)47-50-48(33-15-5-2-6-16-33)52-49(51-47)44-29-43-41-21-11-20-36(45(41)53-46(43)40-19-10-9-18-37(40)44)34-23-22-31-25-26-38-35-17-8-7-12-30(35)24-27-39(38)42(31)28-34/h1-29H. The summed E-state index contributed by atoms with van der Waals surface area (Å²) in [6.45, 7) is 0. The van der Waals surface area contributed by atoms with Crippen LogP contribution in [0.5, 0.6) is 0 Å². The highest BCUT2D eigenvalue weighted by Gasteiger charge is 2.20. The Morgan fingerprint density at radius 1 is 0.283 bits per heavy atom. The Labute approximate surface area is 304 Å². The Hall–Kier alpha value is -7.17. The zero-order valence-corrected chi connectivity index (χ0v) is 28.5. The van der Waals surface area contributed by atoms with Crippen molar-refractivity contribution in [3.8, 4) is 45.3 Å². The van der Waals surface area contributed by atoms with E-state index >= 15 is 0 Å². The van der Waals surface area contributed by atoms with Gasteiger partial charge in [0, 0.05) is 38.4 Å². The minimum atomic E-state index is 0.621. The van der Waals surface area contributed by atoms with Crippen molar-refractivity contribution >= 4 is 65.0 Å². The van der Waals surface area contributed by atoms with E-state index in [4.69, 9.17) is 19.4 Å². The highest BCUT2D eigenvalue weighted by Crippen LogP contribution is 2.43. The van der Waals surface area contributed by atoms with Crippen molar-refractivity contribution in [2.24, 2.45) is 0 Å². The fourth-order valence-electron chi connectivity index (χ4n) is 7.95. The molecule has 0 aliphatic heterocycles. The fourth-order valence-corrected chi connectivity index (χ4v) is 7.95. The molecule has 0 fully saturated rings. The summed E-state index contributed by atoms with van der Waals surface area (Å²) in [5.74, 6) is 1.89. The third kappa shape index (κ3) is 4.73. The van der Waals surface area contributed by atoms with Crippen molar-refractivity contribution in [3.63, 3.8) is 0 Å². The molecule has 0 saturated heterocycles. The van der Waals surface area contributed by atoms with E-state index in [1.54, 1.807) is 0 Å². The third-order valence-corrected chi connectivity index (χ3v) is 10.5. The average molecular weight is 676 g/mol. The van der Waals surface area contributed by atoms with Gasteiger partial charge in [-0.15, -0.1) is 0 Å². The molecule has 0 bridgehead atoms. The minimum absolute atomic E-state index is 0.621. The van der Waals surface area contributed by atoms with Gasteiger partial charge in [-0.05, 0) is 55.4 Å². The van der Waals surface area contributed by atoms with Crippen LogP contribution in [0.25, 0.3) is 110 Å². The molecule has 0 atom stereocenters. The Morgan fingerprint density at radius 2 is 0.830 bits per heavy atom. The highest BCUT2D eigenvalue weighted by molar-refractivity contribution is 6.21. The topological polar surface area (TPSA) is 51.8 Å². The lowest BCUT2D eigenvalue weighted by atomic mass is 9.94. The van der Waals surface area contributed by atoms with Gasteiger partial charge in [0.1, 0.15) is 11.2 Å². The van der Waals surface area contributed by atoms with Crippen LogP contribution in [0, 0.1) is 0 Å².